The quantitative estimate of drug-likeness (QED) is 0.660. The Morgan fingerprint density at radius 1 is 1.33 bits per heavy atom. The third kappa shape index (κ3) is 4.47. The molecule has 0 spiro atoms. The van der Waals surface area contributed by atoms with Crippen molar-refractivity contribution in [2.24, 2.45) is 0 Å². The van der Waals surface area contributed by atoms with Gasteiger partial charge in [-0.15, -0.1) is 0 Å². The van der Waals surface area contributed by atoms with Crippen molar-refractivity contribution in [3.05, 3.63) is 40.4 Å². The van der Waals surface area contributed by atoms with Crippen LogP contribution in [0.25, 0.3) is 0 Å². The summed E-state index contributed by atoms with van der Waals surface area (Å²) in [7, 11) is -4.51. The zero-order valence-corrected chi connectivity index (χ0v) is 17.7. The molecule has 0 radical (unpaired) electrons. The molecule has 0 aromatic carbocycles. The maximum atomic E-state index is 12.9. The standard InChI is InChI=1S/C18H20ClF3N4O3S/c1-10-15(17(27)24-12-6-7-23-14(19)9-12)26-8-4-3-5-13(26)16(10)30(28,29)25-11(2)18(20,21)22/h6-7,9,11,25H,3-5,8H2,1-2H3,(H,23,24,27). The van der Waals surface area contributed by atoms with Crippen LogP contribution >= 0.6 is 11.6 Å². The number of carbonyl (C=O) groups excluding carboxylic acids is 1. The number of sulfonamides is 1. The molecule has 0 saturated heterocycles. The van der Waals surface area contributed by atoms with Gasteiger partial charge in [-0.1, -0.05) is 11.6 Å². The number of nitrogens with zero attached hydrogens (tertiary/aromatic N) is 2. The van der Waals surface area contributed by atoms with Gasteiger partial charge in [0.15, 0.2) is 0 Å². The summed E-state index contributed by atoms with van der Waals surface area (Å²) in [6.45, 7) is 2.54. The number of aromatic nitrogens is 2. The first-order chi connectivity index (χ1) is 13.9. The first kappa shape index (κ1) is 22.6. The van der Waals surface area contributed by atoms with Crippen LogP contribution in [0.5, 0.6) is 0 Å². The van der Waals surface area contributed by atoms with Gasteiger partial charge in [-0.3, -0.25) is 4.79 Å². The molecule has 2 N–H and O–H groups in total. The Kier molecular flexibility index (Phi) is 6.17. The Bertz CT molecular complexity index is 1080. The predicted octanol–water partition coefficient (Wildman–Crippen LogP) is 3.66. The summed E-state index contributed by atoms with van der Waals surface area (Å²) in [4.78, 5) is 16.5. The van der Waals surface area contributed by atoms with Crippen molar-refractivity contribution >= 4 is 33.2 Å². The van der Waals surface area contributed by atoms with Crippen LogP contribution in [-0.2, 0) is 23.0 Å². The number of rotatable bonds is 5. The molecule has 3 heterocycles. The van der Waals surface area contributed by atoms with E-state index in [0.29, 0.717) is 37.2 Å². The highest BCUT2D eigenvalue weighted by Crippen LogP contribution is 2.33. The second-order valence-corrected chi connectivity index (χ2v) is 9.10. The summed E-state index contributed by atoms with van der Waals surface area (Å²) in [6, 6.07) is 0.680. The molecule has 12 heteroatoms. The van der Waals surface area contributed by atoms with E-state index in [-0.39, 0.29) is 21.3 Å². The van der Waals surface area contributed by atoms with Gasteiger partial charge in [-0.2, -0.15) is 17.9 Å². The van der Waals surface area contributed by atoms with E-state index in [1.807, 2.05) is 0 Å². The summed E-state index contributed by atoms with van der Waals surface area (Å²) in [5.41, 5.74) is 0.890. The fourth-order valence-electron chi connectivity index (χ4n) is 3.52. The van der Waals surface area contributed by atoms with Gasteiger partial charge in [0.1, 0.15) is 21.8 Å². The number of anilines is 1. The van der Waals surface area contributed by atoms with Crippen LogP contribution in [0.15, 0.2) is 23.2 Å². The van der Waals surface area contributed by atoms with Crippen molar-refractivity contribution in [2.45, 2.75) is 56.8 Å². The van der Waals surface area contributed by atoms with Gasteiger partial charge in [-0.25, -0.2) is 13.4 Å². The van der Waals surface area contributed by atoms with Crippen molar-refractivity contribution in [1.29, 1.82) is 0 Å². The fourth-order valence-corrected chi connectivity index (χ4v) is 5.43. The molecule has 7 nitrogen and oxygen atoms in total. The van der Waals surface area contributed by atoms with E-state index in [1.54, 1.807) is 9.29 Å². The Balaban J connectivity index is 2.04. The normalized spacial score (nSPS) is 15.5. The fraction of sp³-hybridized carbons (Fsp3) is 0.444. The van der Waals surface area contributed by atoms with Gasteiger partial charge in [0, 0.05) is 29.7 Å². The first-order valence-electron chi connectivity index (χ1n) is 9.15. The number of fused-ring (bicyclic) bond motifs is 1. The number of halogens is 4. The molecular weight excluding hydrogens is 445 g/mol. The molecule has 0 bridgehead atoms. The number of hydrogen-bond donors (Lipinski definition) is 2. The Morgan fingerprint density at radius 3 is 2.67 bits per heavy atom. The lowest BCUT2D eigenvalue weighted by atomic mass is 10.1. The van der Waals surface area contributed by atoms with Crippen LogP contribution in [0, 0.1) is 6.92 Å². The molecule has 2 aromatic rings. The van der Waals surface area contributed by atoms with Crippen molar-refractivity contribution in [1.82, 2.24) is 14.3 Å². The van der Waals surface area contributed by atoms with Crippen LogP contribution in [-0.4, -0.2) is 36.1 Å². The summed E-state index contributed by atoms with van der Waals surface area (Å²) >= 11 is 5.82. The van der Waals surface area contributed by atoms with E-state index in [1.165, 1.54) is 25.3 Å². The number of hydrogen-bond acceptors (Lipinski definition) is 4. The minimum atomic E-state index is -4.73. The van der Waals surface area contributed by atoms with Gasteiger partial charge in [0.25, 0.3) is 5.91 Å². The Hall–Kier alpha value is -2.11. The molecule has 0 aliphatic carbocycles. The lowest BCUT2D eigenvalue weighted by molar-refractivity contribution is -0.147. The topological polar surface area (TPSA) is 93.1 Å². The molecule has 0 fully saturated rings. The maximum Gasteiger partial charge on any atom is 0.404 e. The lowest BCUT2D eigenvalue weighted by Crippen LogP contribution is -2.43. The van der Waals surface area contributed by atoms with Crippen molar-refractivity contribution in [3.63, 3.8) is 0 Å². The summed E-state index contributed by atoms with van der Waals surface area (Å²) < 4.78 is 67.7. The molecule has 0 saturated carbocycles. The predicted molar refractivity (Wildman–Crippen MR) is 105 cm³/mol. The zero-order valence-electron chi connectivity index (χ0n) is 16.2. The number of carbonyl (C=O) groups is 1. The van der Waals surface area contributed by atoms with E-state index in [9.17, 15) is 26.4 Å². The van der Waals surface area contributed by atoms with Crippen LogP contribution in [0.4, 0.5) is 18.9 Å². The molecular formula is C18H20ClF3N4O3S. The number of amides is 1. The molecule has 164 valence electrons. The van der Waals surface area contributed by atoms with E-state index >= 15 is 0 Å². The van der Waals surface area contributed by atoms with Gasteiger partial charge in [-0.05, 0) is 45.2 Å². The monoisotopic (exact) mass is 464 g/mol. The molecule has 2 aromatic heterocycles. The summed E-state index contributed by atoms with van der Waals surface area (Å²) in [6.07, 6.45) is -1.61. The minimum absolute atomic E-state index is 0.0951. The Labute approximate surface area is 176 Å². The minimum Gasteiger partial charge on any atom is -0.339 e. The first-order valence-corrected chi connectivity index (χ1v) is 11.0. The smallest absolute Gasteiger partial charge is 0.339 e. The highest BCUT2D eigenvalue weighted by Gasteiger charge is 2.41. The van der Waals surface area contributed by atoms with Gasteiger partial charge < -0.3 is 9.88 Å². The highest BCUT2D eigenvalue weighted by molar-refractivity contribution is 7.89. The van der Waals surface area contributed by atoms with E-state index in [2.05, 4.69) is 10.3 Å². The second-order valence-electron chi connectivity index (χ2n) is 7.06. The Morgan fingerprint density at radius 2 is 2.03 bits per heavy atom. The van der Waals surface area contributed by atoms with Crippen molar-refractivity contribution in [2.75, 3.05) is 5.32 Å². The lowest BCUT2D eigenvalue weighted by Gasteiger charge is -2.20. The number of pyridine rings is 1. The molecule has 1 atom stereocenters. The van der Waals surface area contributed by atoms with Crippen molar-refractivity contribution in [3.8, 4) is 0 Å². The average Bonchev–Trinajstić information content (AvgIpc) is 2.93. The van der Waals surface area contributed by atoms with Crippen LogP contribution < -0.4 is 10.0 Å². The van der Waals surface area contributed by atoms with E-state index in [4.69, 9.17) is 11.6 Å². The third-order valence-electron chi connectivity index (χ3n) is 4.89. The zero-order chi connectivity index (χ0) is 22.3. The van der Waals surface area contributed by atoms with Gasteiger partial charge in [0.2, 0.25) is 10.0 Å². The largest absolute Gasteiger partial charge is 0.404 e. The SMILES string of the molecule is Cc1c(S(=O)(=O)NC(C)C(F)(F)F)c2n(c1C(=O)Nc1ccnc(Cl)c1)CCCC2. The highest BCUT2D eigenvalue weighted by atomic mass is 35.5. The third-order valence-corrected chi connectivity index (χ3v) is 6.84. The molecule has 30 heavy (non-hydrogen) atoms. The van der Waals surface area contributed by atoms with Crippen molar-refractivity contribution < 1.29 is 26.4 Å². The molecule has 1 aliphatic rings. The van der Waals surface area contributed by atoms with Crippen LogP contribution in [0.1, 0.15) is 41.5 Å². The van der Waals surface area contributed by atoms with Crippen LogP contribution in [0.3, 0.4) is 0 Å². The summed E-state index contributed by atoms with van der Waals surface area (Å²) in [5.74, 6) is -0.580. The number of nitrogens with one attached hydrogen (secondary N) is 2. The molecule has 3 rings (SSSR count). The average molecular weight is 465 g/mol. The second kappa shape index (κ2) is 8.20. The summed E-state index contributed by atoms with van der Waals surface area (Å²) in [5, 5.41) is 2.80. The van der Waals surface area contributed by atoms with E-state index in [0.717, 1.165) is 6.92 Å². The van der Waals surface area contributed by atoms with Gasteiger partial charge >= 0.3 is 6.18 Å². The molecule has 1 amide bonds. The van der Waals surface area contributed by atoms with E-state index < -0.39 is 28.1 Å². The molecule has 1 unspecified atom stereocenters. The van der Waals surface area contributed by atoms with Gasteiger partial charge in [0.05, 0.1) is 0 Å². The maximum absolute atomic E-state index is 12.9. The molecule has 1 aliphatic heterocycles. The number of alkyl halides is 3. The van der Waals surface area contributed by atoms with Crippen LogP contribution in [0.2, 0.25) is 5.15 Å².